The molecule has 3 nitrogen and oxygen atoms in total. The van der Waals surface area contributed by atoms with Gasteiger partial charge in [-0.1, -0.05) is 23.9 Å². The van der Waals surface area contributed by atoms with E-state index >= 15 is 0 Å². The maximum absolute atomic E-state index is 5.12. The normalized spacial score (nSPS) is 19.6. The van der Waals surface area contributed by atoms with Crippen molar-refractivity contribution in [3.63, 3.8) is 0 Å². The molecule has 15 heavy (non-hydrogen) atoms. The van der Waals surface area contributed by atoms with Crippen molar-refractivity contribution in [2.75, 3.05) is 19.9 Å². The zero-order valence-corrected chi connectivity index (χ0v) is 9.67. The van der Waals surface area contributed by atoms with Crippen molar-refractivity contribution in [1.29, 1.82) is 0 Å². The van der Waals surface area contributed by atoms with E-state index in [2.05, 4.69) is 22.4 Å². The van der Waals surface area contributed by atoms with Gasteiger partial charge in [0.2, 0.25) is 0 Å². The Bertz CT molecular complexity index is 361. The minimum atomic E-state index is 0.318. The third-order valence-electron chi connectivity index (χ3n) is 2.43. The van der Waals surface area contributed by atoms with Crippen LogP contribution in [0.15, 0.2) is 29.3 Å². The SMILES string of the molecule is COc1ccc(C2CN=C(SC)N2)cc1. The summed E-state index contributed by atoms with van der Waals surface area (Å²) in [6.45, 7) is 0.822. The summed E-state index contributed by atoms with van der Waals surface area (Å²) in [4.78, 5) is 4.39. The van der Waals surface area contributed by atoms with Crippen molar-refractivity contribution in [3.8, 4) is 5.75 Å². The molecule has 0 saturated carbocycles. The van der Waals surface area contributed by atoms with Crippen LogP contribution < -0.4 is 10.1 Å². The quantitative estimate of drug-likeness (QED) is 0.831. The van der Waals surface area contributed by atoms with Gasteiger partial charge in [0.05, 0.1) is 19.7 Å². The molecule has 1 aliphatic rings. The summed E-state index contributed by atoms with van der Waals surface area (Å²) < 4.78 is 5.12. The summed E-state index contributed by atoms with van der Waals surface area (Å²) in [5, 5.41) is 4.39. The number of benzene rings is 1. The lowest BCUT2D eigenvalue weighted by Gasteiger charge is -2.11. The van der Waals surface area contributed by atoms with Crippen LogP contribution in [0.5, 0.6) is 5.75 Å². The van der Waals surface area contributed by atoms with E-state index in [0.29, 0.717) is 6.04 Å². The van der Waals surface area contributed by atoms with Crippen LogP contribution in [0, 0.1) is 0 Å². The van der Waals surface area contributed by atoms with Crippen LogP contribution in [0.25, 0.3) is 0 Å². The fourth-order valence-electron chi connectivity index (χ4n) is 1.56. The molecule has 0 saturated heterocycles. The average Bonchev–Trinajstić information content (AvgIpc) is 2.78. The predicted octanol–water partition coefficient (Wildman–Crippen LogP) is 2.06. The molecule has 80 valence electrons. The average molecular weight is 222 g/mol. The van der Waals surface area contributed by atoms with Gasteiger partial charge in [-0.2, -0.15) is 0 Å². The van der Waals surface area contributed by atoms with E-state index in [9.17, 15) is 0 Å². The first-order valence-electron chi connectivity index (χ1n) is 4.82. The predicted molar refractivity (Wildman–Crippen MR) is 64.7 cm³/mol. The number of nitrogens with one attached hydrogen (secondary N) is 1. The monoisotopic (exact) mass is 222 g/mol. The number of methoxy groups -OCH3 is 1. The molecule has 1 atom stereocenters. The minimum absolute atomic E-state index is 0.318. The highest BCUT2D eigenvalue weighted by atomic mass is 32.2. The number of hydrogen-bond donors (Lipinski definition) is 1. The van der Waals surface area contributed by atoms with Crippen LogP contribution >= 0.6 is 11.8 Å². The number of amidine groups is 1. The smallest absolute Gasteiger partial charge is 0.156 e. The van der Waals surface area contributed by atoms with Gasteiger partial charge < -0.3 is 10.1 Å². The highest BCUT2D eigenvalue weighted by Crippen LogP contribution is 2.21. The molecule has 0 aliphatic carbocycles. The zero-order chi connectivity index (χ0) is 10.7. The van der Waals surface area contributed by atoms with E-state index in [-0.39, 0.29) is 0 Å². The van der Waals surface area contributed by atoms with Crippen molar-refractivity contribution in [3.05, 3.63) is 29.8 Å². The van der Waals surface area contributed by atoms with Crippen molar-refractivity contribution in [1.82, 2.24) is 5.32 Å². The second kappa shape index (κ2) is 4.57. The Morgan fingerprint density at radius 2 is 2.13 bits per heavy atom. The molecule has 0 aromatic heterocycles. The summed E-state index contributed by atoms with van der Waals surface area (Å²) in [5.74, 6) is 0.891. The molecule has 1 heterocycles. The Balaban J connectivity index is 2.05. The van der Waals surface area contributed by atoms with Crippen LogP contribution in [-0.4, -0.2) is 25.1 Å². The first-order valence-corrected chi connectivity index (χ1v) is 6.05. The fraction of sp³-hybridized carbons (Fsp3) is 0.364. The van der Waals surface area contributed by atoms with E-state index in [0.717, 1.165) is 17.5 Å². The van der Waals surface area contributed by atoms with Gasteiger partial charge >= 0.3 is 0 Å². The first-order chi connectivity index (χ1) is 7.33. The molecule has 1 N–H and O–H groups in total. The summed E-state index contributed by atoms with van der Waals surface area (Å²) in [7, 11) is 1.68. The van der Waals surface area contributed by atoms with Gasteiger partial charge in [-0.25, -0.2) is 0 Å². The molecule has 0 fully saturated rings. The van der Waals surface area contributed by atoms with Gasteiger partial charge in [0.1, 0.15) is 5.75 Å². The van der Waals surface area contributed by atoms with E-state index in [1.807, 2.05) is 18.4 Å². The largest absolute Gasteiger partial charge is 0.497 e. The number of ether oxygens (including phenoxy) is 1. The highest BCUT2D eigenvalue weighted by molar-refractivity contribution is 8.13. The number of aliphatic imine (C=N–C) groups is 1. The van der Waals surface area contributed by atoms with Gasteiger partial charge in [-0.3, -0.25) is 4.99 Å². The fourth-order valence-corrected chi connectivity index (χ4v) is 2.03. The molecule has 2 rings (SSSR count). The van der Waals surface area contributed by atoms with E-state index < -0.39 is 0 Å². The Labute approximate surface area is 93.9 Å². The van der Waals surface area contributed by atoms with Gasteiger partial charge in [-0.05, 0) is 24.0 Å². The molecule has 1 aliphatic heterocycles. The van der Waals surface area contributed by atoms with Crippen molar-refractivity contribution >= 4 is 16.9 Å². The van der Waals surface area contributed by atoms with Crippen molar-refractivity contribution < 1.29 is 4.74 Å². The number of hydrogen-bond acceptors (Lipinski definition) is 4. The first kappa shape index (κ1) is 10.4. The molecule has 0 radical (unpaired) electrons. The van der Waals surface area contributed by atoms with Gasteiger partial charge in [0, 0.05) is 0 Å². The number of nitrogens with zero attached hydrogens (tertiary/aromatic N) is 1. The highest BCUT2D eigenvalue weighted by Gasteiger charge is 2.18. The molecule has 0 bridgehead atoms. The number of rotatable bonds is 2. The molecule has 0 amide bonds. The van der Waals surface area contributed by atoms with E-state index in [1.165, 1.54) is 5.56 Å². The molecule has 4 heteroatoms. The molecule has 0 spiro atoms. The molecular weight excluding hydrogens is 208 g/mol. The van der Waals surface area contributed by atoms with Crippen LogP contribution in [-0.2, 0) is 0 Å². The molecule has 1 aromatic carbocycles. The van der Waals surface area contributed by atoms with Crippen LogP contribution in [0.1, 0.15) is 11.6 Å². The maximum Gasteiger partial charge on any atom is 0.156 e. The molecular formula is C11H14N2OS. The van der Waals surface area contributed by atoms with Crippen molar-refractivity contribution in [2.24, 2.45) is 4.99 Å². The van der Waals surface area contributed by atoms with Gasteiger partial charge in [0.25, 0.3) is 0 Å². The second-order valence-electron chi connectivity index (χ2n) is 3.32. The lowest BCUT2D eigenvalue weighted by atomic mass is 10.1. The standard InChI is InChI=1S/C11H14N2OS/c1-14-9-5-3-8(4-6-9)10-7-12-11(13-10)15-2/h3-6,10H,7H2,1-2H3,(H,12,13). The van der Waals surface area contributed by atoms with Crippen molar-refractivity contribution in [2.45, 2.75) is 6.04 Å². The molecule has 1 aromatic rings. The zero-order valence-electron chi connectivity index (χ0n) is 8.86. The summed E-state index contributed by atoms with van der Waals surface area (Å²) in [5.41, 5.74) is 1.25. The third kappa shape index (κ3) is 2.26. The Kier molecular flexibility index (Phi) is 3.16. The number of thioether (sulfide) groups is 1. The van der Waals surface area contributed by atoms with Gasteiger partial charge in [0.15, 0.2) is 5.17 Å². The lowest BCUT2D eigenvalue weighted by molar-refractivity contribution is 0.414. The summed E-state index contributed by atoms with van der Waals surface area (Å²) in [6, 6.07) is 8.44. The second-order valence-corrected chi connectivity index (χ2v) is 4.11. The maximum atomic E-state index is 5.12. The van der Waals surface area contributed by atoms with Crippen LogP contribution in [0.4, 0.5) is 0 Å². The van der Waals surface area contributed by atoms with E-state index in [1.54, 1.807) is 18.9 Å². The van der Waals surface area contributed by atoms with Gasteiger partial charge in [-0.15, -0.1) is 0 Å². The summed E-state index contributed by atoms with van der Waals surface area (Å²) >= 11 is 1.65. The van der Waals surface area contributed by atoms with Crippen LogP contribution in [0.2, 0.25) is 0 Å². The summed E-state index contributed by atoms with van der Waals surface area (Å²) in [6.07, 6.45) is 2.03. The topological polar surface area (TPSA) is 33.6 Å². The molecule has 1 unspecified atom stereocenters. The Morgan fingerprint density at radius 1 is 1.40 bits per heavy atom. The van der Waals surface area contributed by atoms with Crippen LogP contribution in [0.3, 0.4) is 0 Å². The lowest BCUT2D eigenvalue weighted by Crippen LogP contribution is -2.20. The van der Waals surface area contributed by atoms with E-state index in [4.69, 9.17) is 4.74 Å². The minimum Gasteiger partial charge on any atom is -0.497 e. The Morgan fingerprint density at radius 3 is 2.67 bits per heavy atom. The Hall–Kier alpha value is -1.16. The third-order valence-corrected chi connectivity index (χ3v) is 3.06.